The molecule has 0 radical (unpaired) electrons. The number of ether oxygens (including phenoxy) is 1. The van der Waals surface area contributed by atoms with E-state index < -0.39 is 0 Å². The first kappa shape index (κ1) is 14.9. The summed E-state index contributed by atoms with van der Waals surface area (Å²) in [5.74, 6) is 0. The van der Waals surface area contributed by atoms with Crippen molar-refractivity contribution in [1.29, 1.82) is 0 Å². The van der Waals surface area contributed by atoms with Crippen LogP contribution in [0.1, 0.15) is 50.5 Å². The van der Waals surface area contributed by atoms with E-state index in [1.807, 2.05) is 12.1 Å². The Bertz CT molecular complexity index is 468. The minimum absolute atomic E-state index is 0.232. The lowest BCUT2D eigenvalue weighted by Crippen LogP contribution is -2.35. The molecular weight excluding hydrogens is 260 g/mol. The number of likely N-dealkylation sites (N-methyl/N-ethyl adjacent to an activating group) is 1. The molecule has 1 spiro atoms. The number of para-hydroxylation sites is 1. The quantitative estimate of drug-likeness (QED) is 0.861. The van der Waals surface area contributed by atoms with Crippen LogP contribution >= 0.6 is 0 Å². The largest absolute Gasteiger partial charge is 0.398 e. The maximum Gasteiger partial charge on any atom is 0.0710 e. The van der Waals surface area contributed by atoms with Crippen LogP contribution in [-0.2, 0) is 11.3 Å². The highest BCUT2D eigenvalue weighted by Crippen LogP contribution is 2.42. The van der Waals surface area contributed by atoms with Crippen LogP contribution in [0.3, 0.4) is 0 Å². The summed E-state index contributed by atoms with van der Waals surface area (Å²) in [6.45, 7) is 1.91. The minimum Gasteiger partial charge on any atom is -0.398 e. The molecule has 3 heteroatoms. The zero-order valence-electron chi connectivity index (χ0n) is 13.2. The Kier molecular flexibility index (Phi) is 4.51. The Balaban J connectivity index is 1.52. The number of hydrogen-bond donors (Lipinski definition) is 1. The van der Waals surface area contributed by atoms with Gasteiger partial charge in [-0.25, -0.2) is 0 Å². The van der Waals surface area contributed by atoms with Gasteiger partial charge in [0.15, 0.2) is 0 Å². The summed E-state index contributed by atoms with van der Waals surface area (Å²) in [4.78, 5) is 2.35. The van der Waals surface area contributed by atoms with Crippen molar-refractivity contribution in [2.75, 3.05) is 19.3 Å². The second-order valence-corrected chi connectivity index (χ2v) is 6.92. The summed E-state index contributed by atoms with van der Waals surface area (Å²) in [5, 5.41) is 0. The SMILES string of the molecule is CN(Cc1ccccc1N)CC1CCC2(CCCCC2)O1. The van der Waals surface area contributed by atoms with E-state index in [1.165, 1.54) is 50.5 Å². The van der Waals surface area contributed by atoms with Crippen LogP contribution in [0.2, 0.25) is 0 Å². The van der Waals surface area contributed by atoms with Crippen molar-refractivity contribution >= 4 is 5.69 Å². The average Bonchev–Trinajstić information content (AvgIpc) is 2.84. The van der Waals surface area contributed by atoms with Crippen molar-refractivity contribution in [3.63, 3.8) is 0 Å². The molecule has 2 N–H and O–H groups in total. The van der Waals surface area contributed by atoms with Gasteiger partial charge in [-0.3, -0.25) is 4.90 Å². The summed E-state index contributed by atoms with van der Waals surface area (Å²) in [5.41, 5.74) is 8.37. The summed E-state index contributed by atoms with van der Waals surface area (Å²) >= 11 is 0. The van der Waals surface area contributed by atoms with Gasteiger partial charge < -0.3 is 10.5 Å². The van der Waals surface area contributed by atoms with E-state index in [9.17, 15) is 0 Å². The van der Waals surface area contributed by atoms with E-state index >= 15 is 0 Å². The Morgan fingerprint density at radius 2 is 1.95 bits per heavy atom. The fourth-order valence-corrected chi connectivity index (χ4v) is 3.97. The van der Waals surface area contributed by atoms with Gasteiger partial charge in [-0.1, -0.05) is 37.5 Å². The normalized spacial score (nSPS) is 24.8. The molecule has 1 heterocycles. The minimum atomic E-state index is 0.232. The molecule has 1 aromatic rings. The number of hydrogen-bond acceptors (Lipinski definition) is 3. The molecule has 1 unspecified atom stereocenters. The topological polar surface area (TPSA) is 38.5 Å². The monoisotopic (exact) mass is 288 g/mol. The third-order valence-electron chi connectivity index (χ3n) is 5.11. The standard InChI is InChI=1S/C18H28N2O/c1-20(13-15-7-3-4-8-17(15)19)14-16-9-12-18(21-16)10-5-2-6-11-18/h3-4,7-8,16H,2,5-6,9-14,19H2,1H3. The van der Waals surface area contributed by atoms with Crippen LogP contribution in [0.25, 0.3) is 0 Å². The summed E-state index contributed by atoms with van der Waals surface area (Å²) in [6.07, 6.45) is 9.53. The zero-order valence-corrected chi connectivity index (χ0v) is 13.2. The first-order valence-corrected chi connectivity index (χ1v) is 8.37. The van der Waals surface area contributed by atoms with Gasteiger partial charge in [0.2, 0.25) is 0 Å². The molecule has 1 aliphatic heterocycles. The lowest BCUT2D eigenvalue weighted by molar-refractivity contribution is -0.0706. The molecule has 1 saturated carbocycles. The molecule has 1 aliphatic carbocycles. The molecule has 1 saturated heterocycles. The fourth-order valence-electron chi connectivity index (χ4n) is 3.97. The summed E-state index contributed by atoms with van der Waals surface area (Å²) in [6, 6.07) is 8.14. The van der Waals surface area contributed by atoms with Crippen LogP contribution in [-0.4, -0.2) is 30.2 Å². The van der Waals surface area contributed by atoms with Crippen molar-refractivity contribution in [2.24, 2.45) is 0 Å². The third kappa shape index (κ3) is 3.58. The Labute approximate surface area is 128 Å². The molecular formula is C18H28N2O. The van der Waals surface area contributed by atoms with Crippen molar-refractivity contribution < 1.29 is 4.74 Å². The van der Waals surface area contributed by atoms with Gasteiger partial charge in [0.05, 0.1) is 11.7 Å². The van der Waals surface area contributed by atoms with Crippen molar-refractivity contribution in [2.45, 2.75) is 63.2 Å². The van der Waals surface area contributed by atoms with Gasteiger partial charge in [0.25, 0.3) is 0 Å². The average molecular weight is 288 g/mol. The Morgan fingerprint density at radius 1 is 1.19 bits per heavy atom. The third-order valence-corrected chi connectivity index (χ3v) is 5.11. The van der Waals surface area contributed by atoms with Crippen LogP contribution in [0, 0.1) is 0 Å². The van der Waals surface area contributed by atoms with Crippen LogP contribution in [0.15, 0.2) is 24.3 Å². The second-order valence-electron chi connectivity index (χ2n) is 6.92. The van der Waals surface area contributed by atoms with E-state index in [1.54, 1.807) is 0 Å². The van der Waals surface area contributed by atoms with Gasteiger partial charge >= 0.3 is 0 Å². The van der Waals surface area contributed by atoms with Crippen LogP contribution < -0.4 is 5.73 Å². The lowest BCUT2D eigenvalue weighted by atomic mass is 9.83. The molecule has 21 heavy (non-hydrogen) atoms. The van der Waals surface area contributed by atoms with E-state index in [4.69, 9.17) is 10.5 Å². The predicted molar refractivity (Wildman–Crippen MR) is 87.1 cm³/mol. The van der Waals surface area contributed by atoms with Crippen LogP contribution in [0.5, 0.6) is 0 Å². The number of rotatable bonds is 4. The summed E-state index contributed by atoms with van der Waals surface area (Å²) in [7, 11) is 2.17. The molecule has 3 nitrogen and oxygen atoms in total. The van der Waals surface area contributed by atoms with E-state index in [2.05, 4.69) is 24.1 Å². The first-order valence-electron chi connectivity index (χ1n) is 8.37. The molecule has 2 aliphatic rings. The zero-order chi connectivity index (χ0) is 14.7. The Morgan fingerprint density at radius 3 is 2.71 bits per heavy atom. The summed E-state index contributed by atoms with van der Waals surface area (Å²) < 4.78 is 6.46. The van der Waals surface area contributed by atoms with Crippen LogP contribution in [0.4, 0.5) is 5.69 Å². The highest BCUT2D eigenvalue weighted by atomic mass is 16.5. The van der Waals surface area contributed by atoms with Gasteiger partial charge in [-0.05, 0) is 44.4 Å². The maximum atomic E-state index is 6.46. The second kappa shape index (κ2) is 6.37. The van der Waals surface area contributed by atoms with E-state index in [-0.39, 0.29) is 5.60 Å². The van der Waals surface area contributed by atoms with E-state index in [0.29, 0.717) is 6.10 Å². The van der Waals surface area contributed by atoms with Gasteiger partial charge in [-0.15, -0.1) is 0 Å². The first-order chi connectivity index (χ1) is 10.2. The molecule has 3 rings (SSSR count). The van der Waals surface area contributed by atoms with Crippen molar-refractivity contribution in [3.05, 3.63) is 29.8 Å². The van der Waals surface area contributed by atoms with E-state index in [0.717, 1.165) is 18.8 Å². The van der Waals surface area contributed by atoms with Gasteiger partial charge in [-0.2, -0.15) is 0 Å². The molecule has 116 valence electrons. The number of nitrogens with zero attached hydrogens (tertiary/aromatic N) is 1. The van der Waals surface area contributed by atoms with Gasteiger partial charge in [0.1, 0.15) is 0 Å². The highest BCUT2D eigenvalue weighted by Gasteiger charge is 2.40. The number of nitrogens with two attached hydrogens (primary N) is 1. The number of anilines is 1. The number of benzene rings is 1. The molecule has 2 fully saturated rings. The van der Waals surface area contributed by atoms with Crippen molar-refractivity contribution in [3.8, 4) is 0 Å². The number of nitrogen functional groups attached to an aromatic ring is 1. The fraction of sp³-hybridized carbons (Fsp3) is 0.667. The Hall–Kier alpha value is -1.06. The molecule has 1 aromatic carbocycles. The van der Waals surface area contributed by atoms with Gasteiger partial charge in [0, 0.05) is 18.8 Å². The van der Waals surface area contributed by atoms with Crippen molar-refractivity contribution in [1.82, 2.24) is 4.90 Å². The molecule has 0 bridgehead atoms. The molecule has 0 amide bonds. The predicted octanol–water partition coefficient (Wildman–Crippen LogP) is 3.58. The lowest BCUT2D eigenvalue weighted by Gasteiger charge is -2.34. The smallest absolute Gasteiger partial charge is 0.0710 e. The highest BCUT2D eigenvalue weighted by molar-refractivity contribution is 5.46. The molecule has 1 atom stereocenters. The molecule has 0 aromatic heterocycles. The maximum absolute atomic E-state index is 6.46.